The number of fused-ring (bicyclic) bond motifs is 1. The summed E-state index contributed by atoms with van der Waals surface area (Å²) in [6.07, 6.45) is 1.47. The van der Waals surface area contributed by atoms with Gasteiger partial charge in [0.15, 0.2) is 12.4 Å². The minimum absolute atomic E-state index is 0.0913. The van der Waals surface area contributed by atoms with Gasteiger partial charge >= 0.3 is 5.97 Å². The van der Waals surface area contributed by atoms with Crippen molar-refractivity contribution < 1.29 is 23.5 Å². The number of hydrogen-bond donors (Lipinski definition) is 3. The van der Waals surface area contributed by atoms with Crippen LogP contribution in [0.2, 0.25) is 0 Å². The average Bonchev–Trinajstić information content (AvgIpc) is 3.09. The molecule has 3 rings (SSSR count). The average molecular weight is 409 g/mol. The van der Waals surface area contributed by atoms with Gasteiger partial charge in [0, 0.05) is 22.0 Å². The summed E-state index contributed by atoms with van der Waals surface area (Å²) < 4.78 is 16.0. The lowest BCUT2D eigenvalue weighted by atomic mass is 10.1. The molecule has 30 heavy (non-hydrogen) atoms. The van der Waals surface area contributed by atoms with Gasteiger partial charge in [0.05, 0.1) is 6.26 Å². The van der Waals surface area contributed by atoms with Gasteiger partial charge in [0.1, 0.15) is 17.2 Å². The number of esters is 1. The van der Waals surface area contributed by atoms with Gasteiger partial charge in [-0.3, -0.25) is 10.2 Å². The number of benzene rings is 2. The van der Waals surface area contributed by atoms with Gasteiger partial charge in [0.25, 0.3) is 5.91 Å². The smallest absolute Gasteiger partial charge is 0.344 e. The van der Waals surface area contributed by atoms with Crippen LogP contribution in [0.1, 0.15) is 36.9 Å². The SMILES string of the molecule is CC(C)(C)OC(=O)COc1ccc(NC(=O)c2occ3ccc(C(=N)N)cc23)cc1. The number of nitrogens with one attached hydrogen (secondary N) is 2. The van der Waals surface area contributed by atoms with Gasteiger partial charge in [-0.15, -0.1) is 0 Å². The first-order valence-corrected chi connectivity index (χ1v) is 9.24. The Morgan fingerprint density at radius 1 is 1.13 bits per heavy atom. The summed E-state index contributed by atoms with van der Waals surface area (Å²) in [5, 5.41) is 11.6. The summed E-state index contributed by atoms with van der Waals surface area (Å²) in [7, 11) is 0. The molecule has 0 unspecified atom stereocenters. The van der Waals surface area contributed by atoms with Gasteiger partial charge in [-0.25, -0.2) is 4.79 Å². The Morgan fingerprint density at radius 2 is 1.83 bits per heavy atom. The second kappa shape index (κ2) is 8.28. The van der Waals surface area contributed by atoms with Crippen LogP contribution < -0.4 is 15.8 Å². The summed E-state index contributed by atoms with van der Waals surface area (Å²) in [4.78, 5) is 24.3. The van der Waals surface area contributed by atoms with Crippen LogP contribution in [-0.4, -0.2) is 29.9 Å². The third-order valence-corrected chi connectivity index (χ3v) is 4.01. The van der Waals surface area contributed by atoms with E-state index in [1.165, 1.54) is 6.26 Å². The van der Waals surface area contributed by atoms with Crippen molar-refractivity contribution >= 4 is 34.2 Å². The molecule has 0 bridgehead atoms. The molecule has 0 fully saturated rings. The fourth-order valence-corrected chi connectivity index (χ4v) is 2.72. The van der Waals surface area contributed by atoms with E-state index in [9.17, 15) is 9.59 Å². The summed E-state index contributed by atoms with van der Waals surface area (Å²) in [5.41, 5.74) is 5.98. The van der Waals surface area contributed by atoms with Crippen LogP contribution in [0.15, 0.2) is 53.1 Å². The maximum Gasteiger partial charge on any atom is 0.344 e. The first kappa shape index (κ1) is 20.9. The van der Waals surface area contributed by atoms with Gasteiger partial charge in [0.2, 0.25) is 0 Å². The largest absolute Gasteiger partial charge is 0.482 e. The molecule has 8 nitrogen and oxygen atoms in total. The highest BCUT2D eigenvalue weighted by atomic mass is 16.6. The lowest BCUT2D eigenvalue weighted by molar-refractivity contribution is -0.157. The van der Waals surface area contributed by atoms with E-state index in [0.717, 1.165) is 5.39 Å². The van der Waals surface area contributed by atoms with Gasteiger partial charge in [-0.05, 0) is 51.1 Å². The van der Waals surface area contributed by atoms with E-state index in [2.05, 4.69) is 5.32 Å². The second-order valence-electron chi connectivity index (χ2n) is 7.63. The molecule has 4 N–H and O–H groups in total. The Hall–Kier alpha value is -3.81. The molecule has 1 heterocycles. The Balaban J connectivity index is 1.65. The number of nitrogen functional groups attached to an aromatic ring is 1. The van der Waals surface area contributed by atoms with E-state index in [0.29, 0.717) is 22.4 Å². The van der Waals surface area contributed by atoms with Crippen molar-refractivity contribution in [1.29, 1.82) is 5.41 Å². The summed E-state index contributed by atoms with van der Waals surface area (Å²) in [6, 6.07) is 11.6. The fraction of sp³-hybridized carbons (Fsp3) is 0.227. The molecule has 1 amide bonds. The van der Waals surface area contributed by atoms with Crippen molar-refractivity contribution in [3.05, 3.63) is 60.1 Å². The number of carbonyl (C=O) groups excluding carboxylic acids is 2. The number of amidine groups is 1. The minimum Gasteiger partial charge on any atom is -0.482 e. The predicted octanol–water partition coefficient (Wildman–Crippen LogP) is 3.69. The normalized spacial score (nSPS) is 11.2. The number of ether oxygens (including phenoxy) is 2. The van der Waals surface area contributed by atoms with Crippen LogP contribution in [-0.2, 0) is 9.53 Å². The number of rotatable bonds is 6. The Labute approximate surface area is 173 Å². The molecule has 0 aliphatic carbocycles. The summed E-state index contributed by atoms with van der Waals surface area (Å²) >= 11 is 0. The fourth-order valence-electron chi connectivity index (χ4n) is 2.72. The van der Waals surface area contributed by atoms with Crippen LogP contribution in [0.5, 0.6) is 5.75 Å². The molecule has 1 aromatic heterocycles. The second-order valence-corrected chi connectivity index (χ2v) is 7.63. The number of hydrogen-bond acceptors (Lipinski definition) is 6. The molecule has 8 heteroatoms. The molecule has 0 aliphatic rings. The molecular formula is C22H23N3O5. The standard InChI is InChI=1S/C22H23N3O5/c1-22(2,3)30-18(26)12-28-16-8-6-15(7-9-16)25-21(27)19-17-10-13(20(23)24)4-5-14(17)11-29-19/h4-11H,12H2,1-3H3,(H3,23,24)(H,25,27). The molecule has 0 saturated carbocycles. The third-order valence-electron chi connectivity index (χ3n) is 4.01. The van der Waals surface area contributed by atoms with E-state index in [4.69, 9.17) is 25.0 Å². The van der Waals surface area contributed by atoms with Crippen LogP contribution >= 0.6 is 0 Å². The van der Waals surface area contributed by atoms with Crippen molar-refractivity contribution in [2.45, 2.75) is 26.4 Å². The number of nitrogens with two attached hydrogens (primary N) is 1. The highest BCUT2D eigenvalue weighted by Gasteiger charge is 2.17. The monoisotopic (exact) mass is 409 g/mol. The first-order chi connectivity index (χ1) is 14.1. The Morgan fingerprint density at radius 3 is 2.47 bits per heavy atom. The van der Waals surface area contributed by atoms with Crippen molar-refractivity contribution in [2.75, 3.05) is 11.9 Å². The van der Waals surface area contributed by atoms with Crippen molar-refractivity contribution in [2.24, 2.45) is 5.73 Å². The zero-order valence-corrected chi connectivity index (χ0v) is 16.9. The van der Waals surface area contributed by atoms with Crippen LogP contribution in [0, 0.1) is 5.41 Å². The van der Waals surface area contributed by atoms with Crippen LogP contribution in [0.4, 0.5) is 5.69 Å². The lowest BCUT2D eigenvalue weighted by Crippen LogP contribution is -2.27. The quantitative estimate of drug-likeness (QED) is 0.324. The molecule has 0 radical (unpaired) electrons. The van der Waals surface area contributed by atoms with Crippen LogP contribution in [0.3, 0.4) is 0 Å². The van der Waals surface area contributed by atoms with E-state index in [-0.39, 0.29) is 18.2 Å². The first-order valence-electron chi connectivity index (χ1n) is 9.24. The predicted molar refractivity (Wildman–Crippen MR) is 113 cm³/mol. The van der Waals surface area contributed by atoms with E-state index >= 15 is 0 Å². The maximum absolute atomic E-state index is 12.6. The van der Waals surface area contributed by atoms with Gasteiger partial charge < -0.3 is 24.9 Å². The van der Waals surface area contributed by atoms with E-state index in [1.54, 1.807) is 63.2 Å². The topological polar surface area (TPSA) is 128 Å². The molecule has 0 aliphatic heterocycles. The van der Waals surface area contributed by atoms with Crippen molar-refractivity contribution in [1.82, 2.24) is 0 Å². The zero-order chi connectivity index (χ0) is 21.9. The van der Waals surface area contributed by atoms with Crippen LogP contribution in [0.25, 0.3) is 10.8 Å². The molecule has 156 valence electrons. The molecule has 2 aromatic carbocycles. The minimum atomic E-state index is -0.574. The highest BCUT2D eigenvalue weighted by Crippen LogP contribution is 2.24. The van der Waals surface area contributed by atoms with Crippen molar-refractivity contribution in [3.8, 4) is 5.75 Å². The number of amides is 1. The lowest BCUT2D eigenvalue weighted by Gasteiger charge is -2.19. The molecule has 0 spiro atoms. The molecule has 0 saturated heterocycles. The number of furan rings is 1. The molecule has 3 aromatic rings. The number of anilines is 1. The van der Waals surface area contributed by atoms with Gasteiger partial charge in [-0.2, -0.15) is 0 Å². The third kappa shape index (κ3) is 5.16. The van der Waals surface area contributed by atoms with E-state index < -0.39 is 17.5 Å². The molecule has 0 atom stereocenters. The zero-order valence-electron chi connectivity index (χ0n) is 16.9. The Bertz CT molecular complexity index is 1090. The molecular weight excluding hydrogens is 386 g/mol. The van der Waals surface area contributed by atoms with Crippen molar-refractivity contribution in [3.63, 3.8) is 0 Å². The van der Waals surface area contributed by atoms with Gasteiger partial charge in [-0.1, -0.05) is 12.1 Å². The maximum atomic E-state index is 12.6. The highest BCUT2D eigenvalue weighted by molar-refractivity contribution is 6.12. The summed E-state index contributed by atoms with van der Waals surface area (Å²) in [5.74, 6) is -0.402. The van der Waals surface area contributed by atoms with E-state index in [1.807, 2.05) is 0 Å². The number of carbonyl (C=O) groups is 2. The summed E-state index contributed by atoms with van der Waals surface area (Å²) in [6.45, 7) is 5.14. The Kier molecular flexibility index (Phi) is 5.77.